The van der Waals surface area contributed by atoms with Crippen LogP contribution in [0.4, 0.5) is 8.78 Å². The van der Waals surface area contributed by atoms with E-state index in [9.17, 15) is 13.6 Å². The lowest BCUT2D eigenvalue weighted by molar-refractivity contribution is -0.136. The molecule has 3 N–H and O–H groups in total. The predicted molar refractivity (Wildman–Crippen MR) is 48.4 cm³/mol. The highest BCUT2D eigenvalue weighted by Gasteiger charge is 2.17. The number of pyridine rings is 1. The molecule has 82 valence electrons. The Morgan fingerprint density at radius 1 is 1.60 bits per heavy atom. The topological polar surface area (TPSA) is 76.2 Å². The molecular weight excluding hydrogens is 206 g/mol. The first kappa shape index (κ1) is 11.5. The van der Waals surface area contributed by atoms with Crippen LogP contribution in [0.1, 0.15) is 23.2 Å². The summed E-state index contributed by atoms with van der Waals surface area (Å²) in [6.07, 6.45) is -1.90. The van der Waals surface area contributed by atoms with Crippen LogP contribution >= 0.6 is 0 Å². The van der Waals surface area contributed by atoms with E-state index in [0.29, 0.717) is 0 Å². The smallest absolute Gasteiger partial charge is 0.307 e. The molecule has 0 aliphatic rings. The normalized spacial score (nSPS) is 10.7. The molecule has 0 aliphatic carbocycles. The SMILES string of the molecule is NCc1c(CC(=O)O)ccnc1C(F)F. The number of nitrogens with two attached hydrogens (primary N) is 1. The molecule has 15 heavy (non-hydrogen) atoms. The molecule has 1 aromatic rings. The summed E-state index contributed by atoms with van der Waals surface area (Å²) in [5.41, 5.74) is 5.27. The highest BCUT2D eigenvalue weighted by Crippen LogP contribution is 2.23. The van der Waals surface area contributed by atoms with Crippen molar-refractivity contribution in [2.75, 3.05) is 0 Å². The van der Waals surface area contributed by atoms with Gasteiger partial charge in [0.25, 0.3) is 6.43 Å². The Hall–Kier alpha value is -1.56. The summed E-state index contributed by atoms with van der Waals surface area (Å²) in [5, 5.41) is 8.57. The highest BCUT2D eigenvalue weighted by atomic mass is 19.3. The molecule has 0 radical (unpaired) electrons. The Bertz CT molecular complexity index is 369. The lowest BCUT2D eigenvalue weighted by Crippen LogP contribution is -2.11. The zero-order chi connectivity index (χ0) is 11.4. The van der Waals surface area contributed by atoms with E-state index in [4.69, 9.17) is 10.8 Å². The maximum absolute atomic E-state index is 12.5. The van der Waals surface area contributed by atoms with Crippen LogP contribution in [0.2, 0.25) is 0 Å². The fourth-order valence-corrected chi connectivity index (χ4v) is 1.30. The molecular formula is C9H10F2N2O2. The van der Waals surface area contributed by atoms with Crippen LogP contribution < -0.4 is 5.73 Å². The Morgan fingerprint density at radius 2 is 2.27 bits per heavy atom. The first-order valence-corrected chi connectivity index (χ1v) is 4.23. The van der Waals surface area contributed by atoms with Gasteiger partial charge < -0.3 is 10.8 Å². The third kappa shape index (κ3) is 2.69. The molecule has 1 rings (SSSR count). The van der Waals surface area contributed by atoms with Crippen LogP contribution in [0.5, 0.6) is 0 Å². The molecule has 6 heteroatoms. The van der Waals surface area contributed by atoms with Crippen molar-refractivity contribution < 1.29 is 18.7 Å². The Balaban J connectivity index is 3.15. The maximum atomic E-state index is 12.5. The van der Waals surface area contributed by atoms with Crippen molar-refractivity contribution in [3.8, 4) is 0 Å². The summed E-state index contributed by atoms with van der Waals surface area (Å²) in [6, 6.07) is 1.39. The van der Waals surface area contributed by atoms with Crippen molar-refractivity contribution in [1.82, 2.24) is 4.98 Å². The molecule has 0 atom stereocenters. The van der Waals surface area contributed by atoms with Gasteiger partial charge in [-0.05, 0) is 17.2 Å². The van der Waals surface area contributed by atoms with Crippen LogP contribution in [0, 0.1) is 0 Å². The number of rotatable bonds is 4. The van der Waals surface area contributed by atoms with Crippen molar-refractivity contribution in [3.05, 3.63) is 29.1 Å². The molecule has 4 nitrogen and oxygen atoms in total. The van der Waals surface area contributed by atoms with Crippen LogP contribution in [0.15, 0.2) is 12.3 Å². The van der Waals surface area contributed by atoms with Gasteiger partial charge in [0.15, 0.2) is 0 Å². The monoisotopic (exact) mass is 216 g/mol. The summed E-state index contributed by atoms with van der Waals surface area (Å²) in [4.78, 5) is 14.0. The molecule has 0 aliphatic heterocycles. The average Bonchev–Trinajstić information content (AvgIpc) is 2.16. The average molecular weight is 216 g/mol. The van der Waals surface area contributed by atoms with Gasteiger partial charge >= 0.3 is 5.97 Å². The first-order chi connectivity index (χ1) is 7.06. The molecule has 0 saturated carbocycles. The van der Waals surface area contributed by atoms with Crippen molar-refractivity contribution in [1.29, 1.82) is 0 Å². The molecule has 0 spiro atoms. The number of nitrogens with zero attached hydrogens (tertiary/aromatic N) is 1. The highest BCUT2D eigenvalue weighted by molar-refractivity contribution is 5.70. The number of carboxylic acids is 1. The number of halogens is 2. The molecule has 0 unspecified atom stereocenters. The molecule has 0 saturated heterocycles. The van der Waals surface area contributed by atoms with Gasteiger partial charge in [0.1, 0.15) is 5.69 Å². The number of carbonyl (C=O) groups is 1. The number of carboxylic acid groups (broad SMARTS) is 1. The van der Waals surface area contributed by atoms with E-state index in [0.717, 1.165) is 0 Å². The third-order valence-electron chi connectivity index (χ3n) is 1.94. The molecule has 0 aromatic carbocycles. The van der Waals surface area contributed by atoms with Crippen molar-refractivity contribution >= 4 is 5.97 Å². The third-order valence-corrected chi connectivity index (χ3v) is 1.94. The molecule has 1 aromatic heterocycles. The summed E-state index contributed by atoms with van der Waals surface area (Å²) < 4.78 is 24.9. The quantitative estimate of drug-likeness (QED) is 0.790. The largest absolute Gasteiger partial charge is 0.481 e. The fourth-order valence-electron chi connectivity index (χ4n) is 1.30. The number of hydrogen-bond acceptors (Lipinski definition) is 3. The standard InChI is InChI=1S/C9H10F2N2O2/c10-9(11)8-6(4-12)5(1-2-13-8)3-7(14)15/h1-2,9H,3-4,12H2,(H,14,15). The molecule has 1 heterocycles. The second-order valence-corrected chi connectivity index (χ2v) is 2.91. The minimum absolute atomic E-state index is 0.120. The fraction of sp³-hybridized carbons (Fsp3) is 0.333. The summed E-state index contributed by atoms with van der Waals surface area (Å²) in [7, 11) is 0. The van der Waals surface area contributed by atoms with Gasteiger partial charge in [0.05, 0.1) is 6.42 Å². The summed E-state index contributed by atoms with van der Waals surface area (Å²) >= 11 is 0. The molecule has 0 bridgehead atoms. The van der Waals surface area contributed by atoms with E-state index in [1.165, 1.54) is 12.3 Å². The van der Waals surface area contributed by atoms with Crippen LogP contribution in [-0.2, 0) is 17.8 Å². The lowest BCUT2D eigenvalue weighted by atomic mass is 10.0. The molecule has 0 fully saturated rings. The van der Waals surface area contributed by atoms with Gasteiger partial charge in [-0.25, -0.2) is 8.78 Å². The van der Waals surface area contributed by atoms with Gasteiger partial charge in [-0.15, -0.1) is 0 Å². The Morgan fingerprint density at radius 3 is 2.73 bits per heavy atom. The predicted octanol–water partition coefficient (Wildman–Crippen LogP) is 1.10. The summed E-state index contributed by atoms with van der Waals surface area (Å²) in [5.74, 6) is -1.09. The van der Waals surface area contributed by atoms with E-state index in [1.54, 1.807) is 0 Å². The number of aliphatic carboxylic acids is 1. The van der Waals surface area contributed by atoms with E-state index in [-0.39, 0.29) is 24.1 Å². The van der Waals surface area contributed by atoms with Gasteiger partial charge in [-0.2, -0.15) is 0 Å². The van der Waals surface area contributed by atoms with Gasteiger partial charge in [-0.1, -0.05) is 0 Å². The zero-order valence-corrected chi connectivity index (χ0v) is 7.78. The van der Waals surface area contributed by atoms with E-state index in [1.807, 2.05) is 0 Å². The first-order valence-electron chi connectivity index (χ1n) is 4.23. The summed E-state index contributed by atoms with van der Waals surface area (Å²) in [6.45, 7) is -0.143. The number of alkyl halides is 2. The Labute approximate surface area is 84.7 Å². The number of aromatic nitrogens is 1. The second-order valence-electron chi connectivity index (χ2n) is 2.91. The van der Waals surface area contributed by atoms with Crippen molar-refractivity contribution in [2.45, 2.75) is 19.4 Å². The van der Waals surface area contributed by atoms with E-state index < -0.39 is 18.1 Å². The van der Waals surface area contributed by atoms with E-state index >= 15 is 0 Å². The van der Waals surface area contributed by atoms with Crippen LogP contribution in [-0.4, -0.2) is 16.1 Å². The van der Waals surface area contributed by atoms with Gasteiger partial charge in [0.2, 0.25) is 0 Å². The van der Waals surface area contributed by atoms with Gasteiger partial charge in [-0.3, -0.25) is 9.78 Å². The van der Waals surface area contributed by atoms with Gasteiger partial charge in [0, 0.05) is 12.7 Å². The molecule has 0 amide bonds. The second kappa shape index (κ2) is 4.79. The van der Waals surface area contributed by atoms with Crippen LogP contribution in [0.3, 0.4) is 0 Å². The van der Waals surface area contributed by atoms with E-state index in [2.05, 4.69) is 4.98 Å². The maximum Gasteiger partial charge on any atom is 0.307 e. The van der Waals surface area contributed by atoms with Crippen molar-refractivity contribution in [2.24, 2.45) is 5.73 Å². The lowest BCUT2D eigenvalue weighted by Gasteiger charge is -2.10. The van der Waals surface area contributed by atoms with Crippen LogP contribution in [0.25, 0.3) is 0 Å². The minimum Gasteiger partial charge on any atom is -0.481 e. The minimum atomic E-state index is -2.74. The van der Waals surface area contributed by atoms with Crippen molar-refractivity contribution in [3.63, 3.8) is 0 Å². The zero-order valence-electron chi connectivity index (χ0n) is 7.78. The Kier molecular flexibility index (Phi) is 3.68. The number of hydrogen-bond donors (Lipinski definition) is 2.